The molecule has 0 aliphatic carbocycles. The number of amides is 1. The number of thioether (sulfide) groups is 1. The number of carbonyl (C=O) groups excluding carboxylic acids is 1. The lowest BCUT2D eigenvalue weighted by molar-refractivity contribution is -0.362. The second kappa shape index (κ2) is 6.28. The maximum Gasteiger partial charge on any atom is 0.324 e. The van der Waals surface area contributed by atoms with E-state index >= 15 is 0 Å². The fourth-order valence-corrected chi connectivity index (χ4v) is 3.24. The summed E-state index contributed by atoms with van der Waals surface area (Å²) >= 11 is 7.57. The van der Waals surface area contributed by atoms with E-state index in [0.717, 1.165) is 5.56 Å². The zero-order chi connectivity index (χ0) is 14.7. The van der Waals surface area contributed by atoms with Gasteiger partial charge in [-0.05, 0) is 40.9 Å². The summed E-state index contributed by atoms with van der Waals surface area (Å²) in [6.45, 7) is 0. The van der Waals surface area contributed by atoms with E-state index in [4.69, 9.17) is 11.6 Å². The van der Waals surface area contributed by atoms with Crippen LogP contribution in [-0.4, -0.2) is 16.3 Å². The lowest BCUT2D eigenvalue weighted by Gasteiger charge is -2.06. The number of carbonyl (C=O) groups is 1. The van der Waals surface area contributed by atoms with Gasteiger partial charge < -0.3 is 0 Å². The third-order valence-electron chi connectivity index (χ3n) is 3.05. The van der Waals surface area contributed by atoms with Crippen LogP contribution in [0.15, 0.2) is 53.7 Å². The summed E-state index contributed by atoms with van der Waals surface area (Å²) in [5.74, 6) is 0.674. The molecule has 2 N–H and O–H groups in total. The Hall–Kier alpha value is -1.85. The van der Waals surface area contributed by atoms with Gasteiger partial charge in [-0.15, -0.1) is 0 Å². The van der Waals surface area contributed by atoms with E-state index in [2.05, 4.69) is 15.3 Å². The number of H-pyrrole nitrogens is 1. The number of nitrogens with zero attached hydrogens (tertiary/aromatic N) is 1. The number of rotatable bonds is 3. The number of benzene rings is 1. The van der Waals surface area contributed by atoms with Crippen LogP contribution in [0.3, 0.4) is 0 Å². The Morgan fingerprint density at radius 3 is 2.81 bits per heavy atom. The highest BCUT2D eigenvalue weighted by Crippen LogP contribution is 2.27. The third kappa shape index (κ3) is 3.43. The average molecular weight is 319 g/mol. The van der Waals surface area contributed by atoms with Crippen molar-refractivity contribution in [1.82, 2.24) is 5.32 Å². The van der Waals surface area contributed by atoms with Crippen LogP contribution >= 0.6 is 23.4 Å². The van der Waals surface area contributed by atoms with Gasteiger partial charge in [0, 0.05) is 11.1 Å². The number of amidine groups is 1. The molecule has 4 nitrogen and oxygen atoms in total. The highest BCUT2D eigenvalue weighted by Gasteiger charge is 2.33. The molecule has 0 radical (unpaired) electrons. The lowest BCUT2D eigenvalue weighted by atomic mass is 10.1. The molecule has 1 atom stereocenters. The summed E-state index contributed by atoms with van der Waals surface area (Å²) in [4.78, 5) is 19.4. The monoisotopic (exact) mass is 318 g/mol. The van der Waals surface area contributed by atoms with Crippen LogP contribution in [0.5, 0.6) is 0 Å². The topological polar surface area (TPSA) is 55.6 Å². The maximum absolute atomic E-state index is 12.0. The van der Waals surface area contributed by atoms with E-state index in [1.54, 1.807) is 6.20 Å². The molecule has 1 aromatic heterocycles. The summed E-state index contributed by atoms with van der Waals surface area (Å²) < 4.78 is 0. The highest BCUT2D eigenvalue weighted by molar-refractivity contribution is 8.15. The molecule has 1 aliphatic heterocycles. The molecule has 1 aliphatic rings. The van der Waals surface area contributed by atoms with Gasteiger partial charge in [0.25, 0.3) is 5.17 Å². The minimum absolute atomic E-state index is 0.0328. The van der Waals surface area contributed by atoms with Gasteiger partial charge in [0.15, 0.2) is 0 Å². The smallest absolute Gasteiger partial charge is 0.283 e. The second-order valence-electron chi connectivity index (χ2n) is 4.56. The Morgan fingerprint density at radius 1 is 1.24 bits per heavy atom. The van der Waals surface area contributed by atoms with Crippen LogP contribution in [0.2, 0.25) is 5.02 Å². The Balaban J connectivity index is 1.74. The van der Waals surface area contributed by atoms with Crippen LogP contribution in [0.4, 0.5) is 5.82 Å². The first kappa shape index (κ1) is 14.1. The van der Waals surface area contributed by atoms with Crippen molar-refractivity contribution in [2.75, 3.05) is 0 Å². The van der Waals surface area contributed by atoms with Gasteiger partial charge in [-0.3, -0.25) is 10.1 Å². The fraction of sp³-hybridized carbons (Fsp3) is 0.133. The zero-order valence-electron chi connectivity index (χ0n) is 11.0. The van der Waals surface area contributed by atoms with E-state index in [1.165, 1.54) is 11.8 Å². The van der Waals surface area contributed by atoms with E-state index in [1.807, 2.05) is 42.5 Å². The van der Waals surface area contributed by atoms with Crippen LogP contribution in [0.25, 0.3) is 0 Å². The van der Waals surface area contributed by atoms with Gasteiger partial charge in [-0.2, -0.15) is 0 Å². The van der Waals surface area contributed by atoms with Crippen LogP contribution in [0, 0.1) is 0 Å². The quantitative estimate of drug-likeness (QED) is 0.945. The van der Waals surface area contributed by atoms with Crippen molar-refractivity contribution in [3.05, 3.63) is 59.2 Å². The number of hydrogen-bond donors (Lipinski definition) is 1. The summed E-state index contributed by atoms with van der Waals surface area (Å²) in [6.07, 6.45) is 2.38. The second-order valence-corrected chi connectivity index (χ2v) is 6.15. The Bertz CT molecular complexity index is 690. The minimum atomic E-state index is -0.202. The van der Waals surface area contributed by atoms with Crippen molar-refractivity contribution in [3.8, 4) is 0 Å². The van der Waals surface area contributed by atoms with E-state index in [0.29, 0.717) is 22.4 Å². The Morgan fingerprint density at radius 2 is 2.05 bits per heavy atom. The number of halogens is 1. The van der Waals surface area contributed by atoms with Crippen molar-refractivity contribution >= 4 is 40.3 Å². The molecule has 106 valence electrons. The highest BCUT2D eigenvalue weighted by atomic mass is 35.5. The van der Waals surface area contributed by atoms with Crippen molar-refractivity contribution < 1.29 is 9.78 Å². The normalized spacial score (nSPS) is 19.8. The standard InChI is InChI=1S/C15H12ClN3OS/c16-11-6-2-1-5-10(11)9-12-14(20)19-15(21-12)18-13-7-3-4-8-17-13/h1-8,12H,9H2,(H,17,18,19,20)/p+1. The zero-order valence-corrected chi connectivity index (χ0v) is 12.6. The molecule has 3 rings (SSSR count). The van der Waals surface area contributed by atoms with E-state index in [-0.39, 0.29) is 11.2 Å². The number of aromatic amines is 1. The molecule has 1 amide bonds. The van der Waals surface area contributed by atoms with Crippen LogP contribution in [-0.2, 0) is 11.2 Å². The van der Waals surface area contributed by atoms with Gasteiger partial charge in [-0.1, -0.05) is 35.9 Å². The molecule has 0 spiro atoms. The third-order valence-corrected chi connectivity index (χ3v) is 4.50. The summed E-state index contributed by atoms with van der Waals surface area (Å²) in [7, 11) is 0. The number of hydrogen-bond acceptors (Lipinski definition) is 3. The molecule has 1 aromatic carbocycles. The molecular weight excluding hydrogens is 306 g/mol. The van der Waals surface area contributed by atoms with Crippen molar-refractivity contribution in [2.45, 2.75) is 11.7 Å². The van der Waals surface area contributed by atoms with Gasteiger partial charge in [0.2, 0.25) is 5.91 Å². The summed E-state index contributed by atoms with van der Waals surface area (Å²) in [5, 5.41) is 3.90. The molecule has 2 aromatic rings. The summed E-state index contributed by atoms with van der Waals surface area (Å²) in [5.41, 5.74) is 0.972. The molecule has 0 bridgehead atoms. The van der Waals surface area contributed by atoms with Gasteiger partial charge in [-0.25, -0.2) is 4.98 Å². The number of aromatic nitrogens is 1. The molecule has 6 heteroatoms. The van der Waals surface area contributed by atoms with Crippen LogP contribution in [0.1, 0.15) is 5.56 Å². The lowest BCUT2D eigenvalue weighted by Crippen LogP contribution is -2.26. The molecule has 1 fully saturated rings. The molecule has 21 heavy (non-hydrogen) atoms. The van der Waals surface area contributed by atoms with Gasteiger partial charge in [0.05, 0.1) is 11.4 Å². The van der Waals surface area contributed by atoms with Crippen LogP contribution < -0.4 is 10.3 Å². The molecule has 1 saturated heterocycles. The Kier molecular flexibility index (Phi) is 4.22. The number of aliphatic imine (C=N–C) groups is 1. The SMILES string of the molecule is O=C1N/C(=N/c2cccc[nH+]2)SC1Cc1ccccc1Cl. The number of pyridine rings is 1. The maximum atomic E-state index is 12.0. The first-order valence-electron chi connectivity index (χ1n) is 6.49. The Labute approximate surface area is 131 Å². The predicted octanol–water partition coefficient (Wildman–Crippen LogP) is 2.62. The molecular formula is C15H13ClN3OS+. The van der Waals surface area contributed by atoms with Crippen molar-refractivity contribution in [3.63, 3.8) is 0 Å². The van der Waals surface area contributed by atoms with Crippen molar-refractivity contribution in [2.24, 2.45) is 4.99 Å². The fourth-order valence-electron chi connectivity index (χ4n) is 2.02. The largest absolute Gasteiger partial charge is 0.324 e. The predicted molar refractivity (Wildman–Crippen MR) is 84.8 cm³/mol. The van der Waals surface area contributed by atoms with Gasteiger partial charge >= 0.3 is 5.82 Å². The first-order valence-corrected chi connectivity index (χ1v) is 7.74. The summed E-state index contributed by atoms with van der Waals surface area (Å²) in [6, 6.07) is 13.2. The molecule has 0 saturated carbocycles. The molecule has 2 heterocycles. The van der Waals surface area contributed by atoms with E-state index < -0.39 is 0 Å². The molecule has 1 unspecified atom stereocenters. The average Bonchev–Trinajstić information content (AvgIpc) is 2.82. The van der Waals surface area contributed by atoms with Crippen molar-refractivity contribution in [1.29, 1.82) is 0 Å². The van der Waals surface area contributed by atoms with E-state index in [9.17, 15) is 4.79 Å². The number of nitrogens with one attached hydrogen (secondary N) is 2. The first-order chi connectivity index (χ1) is 10.2. The van der Waals surface area contributed by atoms with Gasteiger partial charge in [0.1, 0.15) is 0 Å². The minimum Gasteiger partial charge on any atom is -0.283 e.